The molecule has 100 valence electrons. The van der Waals surface area contributed by atoms with Crippen LogP contribution in [-0.2, 0) is 11.3 Å². The first-order valence-corrected chi connectivity index (χ1v) is 5.86. The summed E-state index contributed by atoms with van der Waals surface area (Å²) in [7, 11) is 1.31. The van der Waals surface area contributed by atoms with Crippen LogP contribution < -0.4 is 0 Å². The van der Waals surface area contributed by atoms with Crippen molar-refractivity contribution in [2.24, 2.45) is 0 Å². The Kier molecular flexibility index (Phi) is 3.55. The number of Topliss-reactive ketones (excluding diaryl/α,β-unsaturated/α-hetero) is 1. The lowest BCUT2D eigenvalue weighted by Gasteiger charge is -2.04. The van der Waals surface area contributed by atoms with Gasteiger partial charge < -0.3 is 13.7 Å². The Hall–Kier alpha value is -2.30. The van der Waals surface area contributed by atoms with Crippen LogP contribution in [0.2, 0.25) is 0 Å². The number of aromatic nitrogens is 1. The topological polar surface area (TPSA) is 61.4 Å². The molecule has 0 unspecified atom stereocenters. The fourth-order valence-corrected chi connectivity index (χ4v) is 1.94. The molecule has 2 rings (SSSR count). The average Bonchev–Trinajstić information content (AvgIpc) is 2.97. The maximum Gasteiger partial charge on any atom is 0.373 e. The lowest BCUT2D eigenvalue weighted by Crippen LogP contribution is -2.02. The Morgan fingerprint density at radius 3 is 2.63 bits per heavy atom. The average molecular weight is 261 g/mol. The second-order valence-corrected chi connectivity index (χ2v) is 4.26. The number of carbonyl (C=O) groups is 2. The highest BCUT2D eigenvalue weighted by molar-refractivity contribution is 5.95. The molecule has 2 aromatic rings. The Bertz CT molecular complexity index is 621. The van der Waals surface area contributed by atoms with Crippen LogP contribution in [0.4, 0.5) is 0 Å². The highest BCUT2D eigenvalue weighted by atomic mass is 16.5. The quantitative estimate of drug-likeness (QED) is 0.626. The van der Waals surface area contributed by atoms with Crippen molar-refractivity contribution >= 4 is 11.8 Å². The molecule has 0 aromatic carbocycles. The van der Waals surface area contributed by atoms with E-state index in [9.17, 15) is 9.59 Å². The van der Waals surface area contributed by atoms with E-state index in [0.29, 0.717) is 17.9 Å². The fraction of sp³-hybridized carbons (Fsp3) is 0.286. The third kappa shape index (κ3) is 2.59. The largest absolute Gasteiger partial charge is 0.463 e. The van der Waals surface area contributed by atoms with Gasteiger partial charge in [0.2, 0.25) is 5.76 Å². The molecule has 0 saturated heterocycles. The third-order valence-corrected chi connectivity index (χ3v) is 3.00. The van der Waals surface area contributed by atoms with Crippen LogP contribution in [0.1, 0.15) is 39.3 Å². The summed E-state index contributed by atoms with van der Waals surface area (Å²) in [5.74, 6) is 0.342. The number of furan rings is 1. The van der Waals surface area contributed by atoms with Gasteiger partial charge in [-0.05, 0) is 32.0 Å². The number of carbonyl (C=O) groups excluding carboxylic acids is 2. The predicted octanol–water partition coefficient (Wildman–Crippen LogP) is 2.43. The van der Waals surface area contributed by atoms with Crippen molar-refractivity contribution in [2.75, 3.05) is 7.11 Å². The van der Waals surface area contributed by atoms with E-state index >= 15 is 0 Å². The van der Waals surface area contributed by atoms with E-state index in [0.717, 1.165) is 5.69 Å². The summed E-state index contributed by atoms with van der Waals surface area (Å²) < 4.78 is 11.9. The smallest absolute Gasteiger partial charge is 0.373 e. The molecule has 0 saturated carbocycles. The van der Waals surface area contributed by atoms with Gasteiger partial charge in [0.05, 0.1) is 13.7 Å². The molecule has 0 amide bonds. The summed E-state index contributed by atoms with van der Waals surface area (Å²) >= 11 is 0. The van der Waals surface area contributed by atoms with Crippen LogP contribution >= 0.6 is 0 Å². The van der Waals surface area contributed by atoms with E-state index in [-0.39, 0.29) is 11.5 Å². The highest BCUT2D eigenvalue weighted by Gasteiger charge is 2.13. The summed E-state index contributed by atoms with van der Waals surface area (Å²) in [6, 6.07) is 5.08. The van der Waals surface area contributed by atoms with Gasteiger partial charge in [0, 0.05) is 17.5 Å². The van der Waals surface area contributed by atoms with Crippen LogP contribution in [0.25, 0.3) is 0 Å². The van der Waals surface area contributed by atoms with Gasteiger partial charge >= 0.3 is 5.97 Å². The zero-order chi connectivity index (χ0) is 14.0. The first kappa shape index (κ1) is 13.1. The van der Waals surface area contributed by atoms with Crippen molar-refractivity contribution in [3.05, 3.63) is 47.2 Å². The van der Waals surface area contributed by atoms with E-state index in [1.807, 2.05) is 17.7 Å². The molecule has 5 nitrogen and oxygen atoms in total. The SMILES string of the molecule is COC(=O)c1ccc(Cn2ccc(C(C)=O)c2C)o1. The molecule has 0 atom stereocenters. The van der Waals surface area contributed by atoms with Crippen molar-refractivity contribution in [2.45, 2.75) is 20.4 Å². The Labute approximate surface area is 110 Å². The van der Waals surface area contributed by atoms with Gasteiger partial charge in [-0.1, -0.05) is 0 Å². The van der Waals surface area contributed by atoms with Crippen molar-refractivity contribution < 1.29 is 18.7 Å². The normalized spacial score (nSPS) is 10.5. The van der Waals surface area contributed by atoms with Crippen molar-refractivity contribution in [3.63, 3.8) is 0 Å². The van der Waals surface area contributed by atoms with Crippen LogP contribution in [-0.4, -0.2) is 23.4 Å². The molecule has 0 aliphatic rings. The number of rotatable bonds is 4. The number of esters is 1. The number of methoxy groups -OCH3 is 1. The standard InChI is InChI=1S/C14H15NO4/c1-9-12(10(2)16)6-7-15(9)8-11-4-5-13(19-11)14(17)18-3/h4-7H,8H2,1-3H3. The number of ketones is 1. The van der Waals surface area contributed by atoms with Crippen molar-refractivity contribution in [3.8, 4) is 0 Å². The Morgan fingerprint density at radius 1 is 1.32 bits per heavy atom. The van der Waals surface area contributed by atoms with E-state index in [2.05, 4.69) is 4.74 Å². The summed E-state index contributed by atoms with van der Waals surface area (Å²) in [6.45, 7) is 3.88. The lowest BCUT2D eigenvalue weighted by molar-refractivity contribution is 0.0563. The van der Waals surface area contributed by atoms with Crippen molar-refractivity contribution in [1.82, 2.24) is 4.57 Å². The van der Waals surface area contributed by atoms with Crippen molar-refractivity contribution in [1.29, 1.82) is 0 Å². The first-order chi connectivity index (χ1) is 9.02. The summed E-state index contributed by atoms with van der Waals surface area (Å²) in [5.41, 5.74) is 1.57. The second kappa shape index (κ2) is 5.14. The molecule has 2 heterocycles. The van der Waals surface area contributed by atoms with Gasteiger partial charge in [-0.2, -0.15) is 0 Å². The van der Waals surface area contributed by atoms with E-state index in [1.54, 1.807) is 18.2 Å². The fourth-order valence-electron chi connectivity index (χ4n) is 1.94. The summed E-state index contributed by atoms with van der Waals surface area (Å²) in [4.78, 5) is 22.6. The Morgan fingerprint density at radius 2 is 2.05 bits per heavy atom. The van der Waals surface area contributed by atoms with Gasteiger partial charge in [-0.3, -0.25) is 4.79 Å². The molecule has 0 fully saturated rings. The number of hydrogen-bond donors (Lipinski definition) is 0. The van der Waals surface area contributed by atoms with Gasteiger partial charge in [-0.15, -0.1) is 0 Å². The molecule has 0 N–H and O–H groups in total. The minimum atomic E-state index is -0.500. The van der Waals surface area contributed by atoms with Crippen LogP contribution in [0.15, 0.2) is 28.8 Å². The summed E-state index contributed by atoms with van der Waals surface area (Å²) in [5, 5.41) is 0. The van der Waals surface area contributed by atoms with Crippen LogP contribution in [0.5, 0.6) is 0 Å². The van der Waals surface area contributed by atoms with E-state index in [1.165, 1.54) is 14.0 Å². The minimum absolute atomic E-state index is 0.0333. The third-order valence-electron chi connectivity index (χ3n) is 3.00. The van der Waals surface area contributed by atoms with Gasteiger partial charge in [-0.25, -0.2) is 4.79 Å². The van der Waals surface area contributed by atoms with Crippen LogP contribution in [0.3, 0.4) is 0 Å². The van der Waals surface area contributed by atoms with Gasteiger partial charge in [0.25, 0.3) is 0 Å². The molecule has 0 radical (unpaired) electrons. The zero-order valence-corrected chi connectivity index (χ0v) is 11.1. The molecular formula is C14H15NO4. The summed E-state index contributed by atoms with van der Waals surface area (Å²) in [6.07, 6.45) is 1.83. The maximum atomic E-state index is 11.4. The monoisotopic (exact) mass is 261 g/mol. The highest BCUT2D eigenvalue weighted by Crippen LogP contribution is 2.15. The molecule has 0 bridgehead atoms. The molecule has 2 aromatic heterocycles. The number of ether oxygens (including phenoxy) is 1. The molecule has 5 heteroatoms. The Balaban J connectivity index is 2.20. The van der Waals surface area contributed by atoms with Gasteiger partial charge in [0.15, 0.2) is 5.78 Å². The molecule has 0 aliphatic heterocycles. The lowest BCUT2D eigenvalue weighted by atomic mass is 10.2. The number of hydrogen-bond acceptors (Lipinski definition) is 4. The molecule has 19 heavy (non-hydrogen) atoms. The van der Waals surface area contributed by atoms with Crippen LogP contribution in [0, 0.1) is 6.92 Å². The van der Waals surface area contributed by atoms with E-state index in [4.69, 9.17) is 4.42 Å². The van der Waals surface area contributed by atoms with E-state index < -0.39 is 5.97 Å². The first-order valence-electron chi connectivity index (χ1n) is 5.86. The molecular weight excluding hydrogens is 246 g/mol. The van der Waals surface area contributed by atoms with Gasteiger partial charge in [0.1, 0.15) is 5.76 Å². The minimum Gasteiger partial charge on any atom is -0.463 e. The zero-order valence-electron chi connectivity index (χ0n) is 11.1. The number of nitrogens with zero attached hydrogens (tertiary/aromatic N) is 1. The molecule has 0 aliphatic carbocycles. The molecule has 0 spiro atoms. The maximum absolute atomic E-state index is 11.4. The second-order valence-electron chi connectivity index (χ2n) is 4.26. The predicted molar refractivity (Wildman–Crippen MR) is 68.3 cm³/mol.